The lowest BCUT2D eigenvalue weighted by molar-refractivity contribution is -0.130. The topological polar surface area (TPSA) is 32.8 Å². The highest BCUT2D eigenvalue weighted by molar-refractivity contribution is 5.79. The summed E-state index contributed by atoms with van der Waals surface area (Å²) in [5.74, 6) is 0.801. The minimum Gasteiger partial charge on any atom is -0.492 e. The first-order valence-electron chi connectivity index (χ1n) is 10.5. The number of rotatable bonds is 6. The van der Waals surface area contributed by atoms with Crippen molar-refractivity contribution in [1.82, 2.24) is 9.80 Å². The summed E-state index contributed by atoms with van der Waals surface area (Å²) < 4.78 is 18.9. The van der Waals surface area contributed by atoms with Crippen molar-refractivity contribution in [2.24, 2.45) is 5.41 Å². The van der Waals surface area contributed by atoms with Gasteiger partial charge in [0.05, 0.1) is 6.42 Å². The lowest BCUT2D eigenvalue weighted by Crippen LogP contribution is -2.46. The molecule has 0 saturated carbocycles. The van der Waals surface area contributed by atoms with E-state index in [-0.39, 0.29) is 17.1 Å². The predicted octanol–water partition coefficient (Wildman–Crippen LogP) is 3.76. The van der Waals surface area contributed by atoms with Gasteiger partial charge in [0.2, 0.25) is 5.91 Å². The molecule has 154 valence electrons. The molecule has 0 radical (unpaired) electrons. The van der Waals surface area contributed by atoms with Gasteiger partial charge in [-0.2, -0.15) is 0 Å². The van der Waals surface area contributed by atoms with Crippen molar-refractivity contribution in [3.63, 3.8) is 0 Å². The maximum Gasteiger partial charge on any atom is 0.227 e. The van der Waals surface area contributed by atoms with Gasteiger partial charge in [-0.15, -0.1) is 0 Å². The Hall–Kier alpha value is -2.40. The molecule has 1 spiro atoms. The van der Waals surface area contributed by atoms with Crippen LogP contribution in [0, 0.1) is 11.2 Å². The zero-order chi connectivity index (χ0) is 20.1. The first kappa shape index (κ1) is 19.9. The number of nitrogens with zero attached hydrogens (tertiary/aromatic N) is 2. The number of halogens is 1. The third-order valence-electron chi connectivity index (χ3n) is 6.22. The molecule has 2 aromatic rings. The van der Waals surface area contributed by atoms with Crippen molar-refractivity contribution in [3.05, 3.63) is 66.0 Å². The molecule has 4 rings (SSSR count). The average molecular weight is 397 g/mol. The molecule has 4 nitrogen and oxygen atoms in total. The number of hydrogen-bond donors (Lipinski definition) is 0. The highest BCUT2D eigenvalue weighted by Crippen LogP contribution is 2.39. The van der Waals surface area contributed by atoms with Crippen LogP contribution < -0.4 is 4.74 Å². The molecule has 29 heavy (non-hydrogen) atoms. The number of carbonyl (C=O) groups excluding carboxylic acids is 1. The number of likely N-dealkylation sites (tertiary alicyclic amines) is 2. The molecular formula is C24H29FN2O2. The molecular weight excluding hydrogens is 367 g/mol. The Morgan fingerprint density at radius 3 is 2.59 bits per heavy atom. The molecule has 5 heteroatoms. The second-order valence-electron chi connectivity index (χ2n) is 8.41. The van der Waals surface area contributed by atoms with Crippen molar-refractivity contribution in [1.29, 1.82) is 0 Å². The van der Waals surface area contributed by atoms with E-state index in [4.69, 9.17) is 4.74 Å². The number of para-hydroxylation sites is 1. The summed E-state index contributed by atoms with van der Waals surface area (Å²) in [6.07, 6.45) is 3.78. The molecule has 2 aliphatic rings. The Labute approximate surface area is 172 Å². The molecule has 0 aromatic heterocycles. The largest absolute Gasteiger partial charge is 0.492 e. The minimum absolute atomic E-state index is 0.151. The van der Waals surface area contributed by atoms with Crippen molar-refractivity contribution < 1.29 is 13.9 Å². The SMILES string of the molecule is O=C(Cc1ccc(F)cc1)N1CCC2(CCCN(CCOc3ccccc3)C2)C1. The van der Waals surface area contributed by atoms with Crippen LogP contribution in [0.4, 0.5) is 4.39 Å². The summed E-state index contributed by atoms with van der Waals surface area (Å²) in [7, 11) is 0. The Bertz CT molecular complexity index is 811. The highest BCUT2D eigenvalue weighted by atomic mass is 19.1. The fourth-order valence-corrected chi connectivity index (χ4v) is 4.68. The van der Waals surface area contributed by atoms with Gasteiger partial charge in [-0.1, -0.05) is 30.3 Å². The fraction of sp³-hybridized carbons (Fsp3) is 0.458. The predicted molar refractivity (Wildman–Crippen MR) is 111 cm³/mol. The van der Waals surface area contributed by atoms with Gasteiger partial charge in [0.15, 0.2) is 0 Å². The lowest BCUT2D eigenvalue weighted by Gasteiger charge is -2.40. The van der Waals surface area contributed by atoms with Crippen molar-refractivity contribution in [2.45, 2.75) is 25.7 Å². The van der Waals surface area contributed by atoms with E-state index in [9.17, 15) is 9.18 Å². The molecule has 0 bridgehead atoms. The van der Waals surface area contributed by atoms with Crippen LogP contribution in [-0.2, 0) is 11.2 Å². The number of amides is 1. The van der Waals surface area contributed by atoms with Crippen LogP contribution in [0.15, 0.2) is 54.6 Å². The molecule has 2 aliphatic heterocycles. The van der Waals surface area contributed by atoms with Gasteiger partial charge in [0, 0.05) is 31.6 Å². The standard InChI is InChI=1S/C24H29FN2O2/c25-21-9-7-20(8-10-21)17-23(28)27-14-12-24(19-27)11-4-13-26(18-24)15-16-29-22-5-2-1-3-6-22/h1-3,5-10H,4,11-19H2. The lowest BCUT2D eigenvalue weighted by atomic mass is 9.79. The Kier molecular flexibility index (Phi) is 6.14. The summed E-state index contributed by atoms with van der Waals surface area (Å²) in [5, 5.41) is 0. The van der Waals surface area contributed by atoms with Crippen LogP contribution in [0.25, 0.3) is 0 Å². The van der Waals surface area contributed by atoms with E-state index in [1.807, 2.05) is 35.2 Å². The highest BCUT2D eigenvalue weighted by Gasteiger charge is 2.42. The van der Waals surface area contributed by atoms with E-state index >= 15 is 0 Å². The summed E-state index contributed by atoms with van der Waals surface area (Å²) in [6, 6.07) is 16.2. The molecule has 2 fully saturated rings. The molecule has 1 atom stereocenters. The first-order chi connectivity index (χ1) is 14.1. The van der Waals surface area contributed by atoms with Crippen molar-refractivity contribution >= 4 is 5.91 Å². The summed E-state index contributed by atoms with van der Waals surface area (Å²) in [6.45, 7) is 5.40. The second kappa shape index (κ2) is 8.95. The minimum atomic E-state index is -0.264. The van der Waals surface area contributed by atoms with E-state index in [0.717, 1.165) is 50.5 Å². The number of piperidine rings is 1. The maximum atomic E-state index is 13.1. The Balaban J connectivity index is 1.27. The third-order valence-corrected chi connectivity index (χ3v) is 6.22. The van der Waals surface area contributed by atoms with Gasteiger partial charge in [-0.3, -0.25) is 9.69 Å². The Morgan fingerprint density at radius 1 is 1.00 bits per heavy atom. The van der Waals surface area contributed by atoms with Crippen LogP contribution in [0.1, 0.15) is 24.8 Å². The number of carbonyl (C=O) groups is 1. The van der Waals surface area contributed by atoms with Crippen molar-refractivity contribution in [3.8, 4) is 5.75 Å². The smallest absolute Gasteiger partial charge is 0.227 e. The van der Waals surface area contributed by atoms with Gasteiger partial charge < -0.3 is 9.64 Å². The molecule has 1 unspecified atom stereocenters. The molecule has 2 saturated heterocycles. The van der Waals surface area contributed by atoms with E-state index < -0.39 is 0 Å². The quantitative estimate of drug-likeness (QED) is 0.745. The van der Waals surface area contributed by atoms with Crippen LogP contribution >= 0.6 is 0 Å². The van der Waals surface area contributed by atoms with Gasteiger partial charge in [0.25, 0.3) is 0 Å². The molecule has 1 amide bonds. The van der Waals surface area contributed by atoms with Crippen LogP contribution in [0.5, 0.6) is 5.75 Å². The maximum absolute atomic E-state index is 13.1. The van der Waals surface area contributed by atoms with Gasteiger partial charge in [0.1, 0.15) is 18.2 Å². The fourth-order valence-electron chi connectivity index (χ4n) is 4.68. The van der Waals surface area contributed by atoms with E-state index in [1.54, 1.807) is 12.1 Å². The summed E-state index contributed by atoms with van der Waals surface area (Å²) >= 11 is 0. The normalized spacial score (nSPS) is 22.2. The van der Waals surface area contributed by atoms with E-state index in [2.05, 4.69) is 4.90 Å². The molecule has 0 aliphatic carbocycles. The summed E-state index contributed by atoms with van der Waals surface area (Å²) in [5.41, 5.74) is 1.09. The van der Waals surface area contributed by atoms with Gasteiger partial charge >= 0.3 is 0 Å². The monoisotopic (exact) mass is 396 g/mol. The molecule has 2 aromatic carbocycles. The number of ether oxygens (including phenoxy) is 1. The van der Waals surface area contributed by atoms with Crippen LogP contribution in [-0.4, -0.2) is 55.0 Å². The zero-order valence-corrected chi connectivity index (χ0v) is 16.9. The molecule has 2 heterocycles. The molecule has 0 N–H and O–H groups in total. The van der Waals surface area contributed by atoms with Crippen LogP contribution in [0.2, 0.25) is 0 Å². The third kappa shape index (κ3) is 5.15. The summed E-state index contributed by atoms with van der Waals surface area (Å²) in [4.78, 5) is 17.2. The van der Waals surface area contributed by atoms with E-state index in [1.165, 1.54) is 25.0 Å². The second-order valence-corrected chi connectivity index (χ2v) is 8.41. The van der Waals surface area contributed by atoms with Gasteiger partial charge in [-0.05, 0) is 55.6 Å². The van der Waals surface area contributed by atoms with Crippen LogP contribution in [0.3, 0.4) is 0 Å². The van der Waals surface area contributed by atoms with Gasteiger partial charge in [-0.25, -0.2) is 4.39 Å². The average Bonchev–Trinajstić information content (AvgIpc) is 3.14. The Morgan fingerprint density at radius 2 is 1.79 bits per heavy atom. The zero-order valence-electron chi connectivity index (χ0n) is 16.9. The van der Waals surface area contributed by atoms with Crippen molar-refractivity contribution in [2.75, 3.05) is 39.3 Å². The number of hydrogen-bond acceptors (Lipinski definition) is 3. The van der Waals surface area contributed by atoms with E-state index in [0.29, 0.717) is 13.0 Å². The first-order valence-corrected chi connectivity index (χ1v) is 10.5. The number of benzene rings is 2.